The molecule has 0 aliphatic carbocycles. The van der Waals surface area contributed by atoms with E-state index >= 15 is 0 Å². The molecule has 4 heterocycles. The molecule has 1 fully saturated rings. The van der Waals surface area contributed by atoms with Crippen LogP contribution in [0.4, 0.5) is 5.82 Å². The first-order chi connectivity index (χ1) is 19.9. The molecule has 3 aromatic heterocycles. The molecule has 0 saturated carbocycles. The lowest BCUT2D eigenvalue weighted by Gasteiger charge is -2.36. The number of hydrogen-bond donors (Lipinski definition) is 2. The van der Waals surface area contributed by atoms with Crippen LogP contribution in [0.15, 0.2) is 59.6 Å². The highest BCUT2D eigenvalue weighted by atomic mass is 32.2. The highest BCUT2D eigenvalue weighted by molar-refractivity contribution is 7.90. The maximum absolute atomic E-state index is 12.8. The zero-order chi connectivity index (χ0) is 30.2. The van der Waals surface area contributed by atoms with Crippen LogP contribution in [0.3, 0.4) is 0 Å². The van der Waals surface area contributed by atoms with Crippen molar-refractivity contribution in [2.45, 2.75) is 44.4 Å². The second-order valence-electron chi connectivity index (χ2n) is 10.6. The van der Waals surface area contributed by atoms with Gasteiger partial charge in [-0.05, 0) is 68.8 Å². The van der Waals surface area contributed by atoms with Crippen molar-refractivity contribution in [3.05, 3.63) is 77.1 Å². The van der Waals surface area contributed by atoms with Gasteiger partial charge in [-0.15, -0.1) is 0 Å². The summed E-state index contributed by atoms with van der Waals surface area (Å²) in [5.41, 5.74) is 2.96. The van der Waals surface area contributed by atoms with Crippen LogP contribution < -0.4 is 10.2 Å². The number of hydrogen-bond acceptors (Lipinski definition) is 9. The van der Waals surface area contributed by atoms with Crippen LogP contribution in [0.2, 0.25) is 0 Å². The van der Waals surface area contributed by atoms with E-state index in [0.29, 0.717) is 47.1 Å². The van der Waals surface area contributed by atoms with Gasteiger partial charge in [0, 0.05) is 36.5 Å². The maximum atomic E-state index is 12.8. The van der Waals surface area contributed by atoms with Crippen LogP contribution in [0, 0.1) is 6.92 Å². The van der Waals surface area contributed by atoms with E-state index in [0.717, 1.165) is 11.6 Å². The molecule has 1 aliphatic heterocycles. The van der Waals surface area contributed by atoms with E-state index in [2.05, 4.69) is 10.3 Å². The zero-order valence-electron chi connectivity index (χ0n) is 23.7. The number of sulfone groups is 1. The van der Waals surface area contributed by atoms with Gasteiger partial charge in [0.1, 0.15) is 5.82 Å². The summed E-state index contributed by atoms with van der Waals surface area (Å²) in [6, 6.07) is 13.0. The van der Waals surface area contributed by atoms with Crippen molar-refractivity contribution in [1.82, 2.24) is 20.3 Å². The quantitative estimate of drug-likeness (QED) is 0.327. The standard InChI is InChI=1S/C30H31N5O6S/c1-17-5-6-20(10-27(17)42(4,39)40)29(36)32-14-23-12-25-21(13-31-23)7-8-24(33-25)26-9-22(30(37)38)11-28(34-26)35-15-18(2)41-19(3)16-35/h5-13,18-19H,14-16H2,1-4H3,(H,32,36)(H,37,38)/t18-,19+. The maximum Gasteiger partial charge on any atom is 0.335 e. The number of amides is 1. The Morgan fingerprint density at radius 3 is 2.43 bits per heavy atom. The third kappa shape index (κ3) is 6.39. The Kier molecular flexibility index (Phi) is 7.93. The number of morpholine rings is 1. The van der Waals surface area contributed by atoms with Gasteiger partial charge < -0.3 is 20.1 Å². The third-order valence-electron chi connectivity index (χ3n) is 6.97. The number of aromatic carboxylic acids is 1. The summed E-state index contributed by atoms with van der Waals surface area (Å²) in [4.78, 5) is 40.8. The van der Waals surface area contributed by atoms with Crippen molar-refractivity contribution in [1.29, 1.82) is 0 Å². The summed E-state index contributed by atoms with van der Waals surface area (Å²) in [5.74, 6) is -0.950. The largest absolute Gasteiger partial charge is 0.478 e. The van der Waals surface area contributed by atoms with E-state index in [4.69, 9.17) is 14.7 Å². The van der Waals surface area contributed by atoms with E-state index in [1.54, 1.807) is 43.5 Å². The predicted molar refractivity (Wildman–Crippen MR) is 157 cm³/mol. The zero-order valence-corrected chi connectivity index (χ0v) is 24.5. The van der Waals surface area contributed by atoms with Crippen molar-refractivity contribution in [3.8, 4) is 11.4 Å². The lowest BCUT2D eigenvalue weighted by atomic mass is 10.1. The number of nitrogens with zero attached hydrogens (tertiary/aromatic N) is 4. The normalized spacial score (nSPS) is 17.3. The Hall–Kier alpha value is -4.42. The number of anilines is 1. The van der Waals surface area contributed by atoms with Crippen molar-refractivity contribution in [2.24, 2.45) is 0 Å². The Labute approximate surface area is 243 Å². The molecule has 0 radical (unpaired) electrons. The van der Waals surface area contributed by atoms with Crippen LogP contribution >= 0.6 is 0 Å². The molecule has 4 aromatic rings. The molecule has 0 bridgehead atoms. The fourth-order valence-corrected chi connectivity index (χ4v) is 6.00. The average Bonchev–Trinajstić information content (AvgIpc) is 2.94. The van der Waals surface area contributed by atoms with Gasteiger partial charge in [-0.25, -0.2) is 23.2 Å². The monoisotopic (exact) mass is 589 g/mol. The molecule has 1 aliphatic rings. The third-order valence-corrected chi connectivity index (χ3v) is 8.21. The van der Waals surface area contributed by atoms with E-state index in [-0.39, 0.29) is 34.8 Å². The Morgan fingerprint density at radius 2 is 1.74 bits per heavy atom. The molecule has 1 saturated heterocycles. The number of carbonyl (C=O) groups excluding carboxylic acids is 1. The first kappa shape index (κ1) is 29.1. The molecule has 1 amide bonds. The first-order valence-corrected chi connectivity index (χ1v) is 15.3. The summed E-state index contributed by atoms with van der Waals surface area (Å²) in [7, 11) is -3.48. The molecule has 1 aromatic carbocycles. The summed E-state index contributed by atoms with van der Waals surface area (Å²) >= 11 is 0. The number of fused-ring (bicyclic) bond motifs is 1. The molecule has 0 spiro atoms. The number of rotatable bonds is 7. The summed E-state index contributed by atoms with van der Waals surface area (Å²) in [6.45, 7) is 6.88. The Morgan fingerprint density at radius 1 is 1.00 bits per heavy atom. The van der Waals surface area contributed by atoms with Gasteiger partial charge in [-0.2, -0.15) is 0 Å². The van der Waals surface area contributed by atoms with Crippen LogP contribution in [-0.4, -0.2) is 71.9 Å². The minimum Gasteiger partial charge on any atom is -0.478 e. The molecule has 218 valence electrons. The second kappa shape index (κ2) is 11.5. The summed E-state index contributed by atoms with van der Waals surface area (Å²) < 4.78 is 29.9. The van der Waals surface area contributed by atoms with Crippen molar-refractivity contribution < 1.29 is 27.9 Å². The van der Waals surface area contributed by atoms with Gasteiger partial charge in [0.05, 0.1) is 51.8 Å². The summed E-state index contributed by atoms with van der Waals surface area (Å²) in [5, 5.41) is 13.3. The van der Waals surface area contributed by atoms with E-state index in [1.165, 1.54) is 12.1 Å². The number of aryl methyl sites for hydroxylation is 1. The predicted octanol–water partition coefficient (Wildman–Crippen LogP) is 3.65. The lowest BCUT2D eigenvalue weighted by Crippen LogP contribution is -2.45. The first-order valence-electron chi connectivity index (χ1n) is 13.4. The molecule has 11 nitrogen and oxygen atoms in total. The van der Waals surface area contributed by atoms with Gasteiger partial charge in [0.15, 0.2) is 9.84 Å². The molecular weight excluding hydrogens is 558 g/mol. The Balaban J connectivity index is 1.41. The smallest absolute Gasteiger partial charge is 0.335 e. The van der Waals surface area contributed by atoms with Gasteiger partial charge in [0.25, 0.3) is 5.91 Å². The van der Waals surface area contributed by atoms with Crippen molar-refractivity contribution in [2.75, 3.05) is 24.2 Å². The van der Waals surface area contributed by atoms with Gasteiger partial charge in [0.2, 0.25) is 0 Å². The molecule has 12 heteroatoms. The molecule has 2 atom stereocenters. The SMILES string of the molecule is Cc1ccc(C(=O)NCc2cc3nc(-c4cc(C(=O)O)cc(N5C[C@@H](C)O[C@@H](C)C5)n4)ccc3cn2)cc1S(C)(=O)=O. The van der Waals surface area contributed by atoms with Crippen LogP contribution in [0.5, 0.6) is 0 Å². The van der Waals surface area contributed by atoms with Gasteiger partial charge in [-0.3, -0.25) is 9.78 Å². The van der Waals surface area contributed by atoms with Gasteiger partial charge in [-0.1, -0.05) is 6.07 Å². The number of benzene rings is 1. The van der Waals surface area contributed by atoms with E-state index in [9.17, 15) is 23.1 Å². The lowest BCUT2D eigenvalue weighted by molar-refractivity contribution is -0.00545. The highest BCUT2D eigenvalue weighted by Gasteiger charge is 2.25. The number of nitrogens with one attached hydrogen (secondary N) is 1. The van der Waals surface area contributed by atoms with Crippen molar-refractivity contribution in [3.63, 3.8) is 0 Å². The number of carboxylic acids is 1. The molecule has 0 unspecified atom stereocenters. The summed E-state index contributed by atoms with van der Waals surface area (Å²) in [6.07, 6.45) is 2.70. The number of ether oxygens (including phenoxy) is 1. The number of pyridine rings is 3. The van der Waals surface area contributed by atoms with Crippen LogP contribution in [0.25, 0.3) is 22.3 Å². The van der Waals surface area contributed by atoms with E-state index < -0.39 is 21.7 Å². The topological polar surface area (TPSA) is 152 Å². The highest BCUT2D eigenvalue weighted by Crippen LogP contribution is 2.26. The fourth-order valence-electron chi connectivity index (χ4n) is 5.01. The Bertz CT molecular complexity index is 1800. The molecule has 42 heavy (non-hydrogen) atoms. The van der Waals surface area contributed by atoms with Crippen LogP contribution in [-0.2, 0) is 21.1 Å². The average molecular weight is 590 g/mol. The minimum absolute atomic E-state index is 0.0227. The number of carboxylic acid groups (broad SMARTS) is 1. The minimum atomic E-state index is -3.48. The fraction of sp³-hybridized carbons (Fsp3) is 0.300. The van der Waals surface area contributed by atoms with Crippen LogP contribution in [0.1, 0.15) is 45.8 Å². The van der Waals surface area contributed by atoms with Gasteiger partial charge >= 0.3 is 5.97 Å². The van der Waals surface area contributed by atoms with Crippen molar-refractivity contribution >= 4 is 38.4 Å². The molecule has 2 N–H and O–H groups in total. The van der Waals surface area contributed by atoms with E-state index in [1.807, 2.05) is 24.8 Å². The molecular formula is C30H31N5O6S. The number of aromatic nitrogens is 3. The second-order valence-corrected chi connectivity index (χ2v) is 12.6. The number of carbonyl (C=O) groups is 2. The molecule has 5 rings (SSSR count).